The average molecular weight is 864 g/mol. The fourth-order valence-corrected chi connectivity index (χ4v) is 10.9. The fraction of sp³-hybridized carbons (Fsp3) is 0.333. The van der Waals surface area contributed by atoms with Crippen molar-refractivity contribution in [2.24, 2.45) is 0 Å². The standard InChI is InChI=1S/C51H53N5O4S2/c1-3-13-40(57)31-41(36-15-7-5-8-16-36)50(59)55-29-11-19-42(55)48-52-32-44(61-48)37-25-21-34(22-26-37)35-23-27-38(28-24-35)45-33-53-49(62-45)43-20-12-30-56(43)51(60)47(54-46(58)14-4-2)39-17-9-6-10-18-39/h5-10,15-18,21-28,32-33,41-43,47H,3-4,11-14,19-20,29-31H2,1-2H3,(H,54,58)/t41-,42+,43+,47-/m1/s1. The van der Waals surface area contributed by atoms with Gasteiger partial charge >= 0.3 is 0 Å². The van der Waals surface area contributed by atoms with Crippen LogP contribution in [0.5, 0.6) is 0 Å². The predicted molar refractivity (Wildman–Crippen MR) is 247 cm³/mol. The van der Waals surface area contributed by atoms with Gasteiger partial charge in [-0.3, -0.25) is 19.2 Å². The summed E-state index contributed by atoms with van der Waals surface area (Å²) in [6.07, 6.45) is 9.88. The second-order valence-corrected chi connectivity index (χ2v) is 18.4. The van der Waals surface area contributed by atoms with Gasteiger partial charge in [-0.1, -0.05) is 123 Å². The molecule has 2 aliphatic rings. The van der Waals surface area contributed by atoms with E-state index in [1.807, 2.05) is 96.7 Å². The summed E-state index contributed by atoms with van der Waals surface area (Å²) in [7, 11) is 0. The second-order valence-electron chi connectivity index (χ2n) is 16.3. The lowest BCUT2D eigenvalue weighted by Gasteiger charge is -2.28. The minimum Gasteiger partial charge on any atom is -0.341 e. The summed E-state index contributed by atoms with van der Waals surface area (Å²) in [6, 6.07) is 35.3. The molecule has 1 N–H and O–H groups in total. The number of benzene rings is 4. The fourth-order valence-electron chi connectivity index (χ4n) is 8.78. The van der Waals surface area contributed by atoms with Gasteiger partial charge in [-0.05, 0) is 71.9 Å². The quantitative estimate of drug-likeness (QED) is 0.104. The molecule has 2 aromatic heterocycles. The van der Waals surface area contributed by atoms with E-state index < -0.39 is 12.0 Å². The van der Waals surface area contributed by atoms with Gasteiger partial charge in [-0.2, -0.15) is 0 Å². The van der Waals surface area contributed by atoms with Crippen LogP contribution >= 0.6 is 22.7 Å². The summed E-state index contributed by atoms with van der Waals surface area (Å²) in [5, 5.41) is 4.85. The van der Waals surface area contributed by atoms with Crippen molar-refractivity contribution in [3.05, 3.63) is 143 Å². The number of nitrogens with one attached hydrogen (secondary N) is 1. The maximum Gasteiger partial charge on any atom is 0.250 e. The number of hydrogen-bond donors (Lipinski definition) is 1. The van der Waals surface area contributed by atoms with E-state index in [1.54, 1.807) is 22.7 Å². The first-order valence-electron chi connectivity index (χ1n) is 22.0. The Morgan fingerprint density at radius 2 is 1.08 bits per heavy atom. The van der Waals surface area contributed by atoms with Crippen molar-refractivity contribution < 1.29 is 19.2 Å². The van der Waals surface area contributed by atoms with Gasteiger partial charge in [-0.15, -0.1) is 22.7 Å². The van der Waals surface area contributed by atoms with E-state index in [0.717, 1.165) is 85.3 Å². The Morgan fingerprint density at radius 3 is 1.58 bits per heavy atom. The number of ketones is 1. The topological polar surface area (TPSA) is 113 Å². The normalized spacial score (nSPS) is 17.2. The number of carbonyl (C=O) groups excluding carboxylic acids is 4. The molecule has 4 heterocycles. The van der Waals surface area contributed by atoms with E-state index in [-0.39, 0.29) is 42.0 Å². The lowest BCUT2D eigenvalue weighted by molar-refractivity contribution is -0.137. The molecular formula is C51H53N5O4S2. The molecule has 2 fully saturated rings. The maximum absolute atomic E-state index is 14.1. The Kier molecular flexibility index (Phi) is 13.8. The van der Waals surface area contributed by atoms with Gasteiger partial charge in [0.1, 0.15) is 21.8 Å². The van der Waals surface area contributed by atoms with Crippen molar-refractivity contribution >= 4 is 46.2 Å². The summed E-state index contributed by atoms with van der Waals surface area (Å²) in [4.78, 5) is 69.3. The van der Waals surface area contributed by atoms with E-state index in [2.05, 4.69) is 53.8 Å². The van der Waals surface area contributed by atoms with Crippen molar-refractivity contribution in [2.75, 3.05) is 13.1 Å². The highest BCUT2D eigenvalue weighted by Gasteiger charge is 2.38. The minimum absolute atomic E-state index is 0.0150. The summed E-state index contributed by atoms with van der Waals surface area (Å²) >= 11 is 3.26. The smallest absolute Gasteiger partial charge is 0.250 e. The Bertz CT molecular complexity index is 2290. The van der Waals surface area contributed by atoms with E-state index >= 15 is 0 Å². The van der Waals surface area contributed by atoms with Crippen LogP contribution in [0.4, 0.5) is 0 Å². The molecule has 11 heteroatoms. The molecule has 0 spiro atoms. The SMILES string of the molecule is CCCC(=O)C[C@@H](C(=O)N1CCC[C@H]1c1ncc(-c2ccc(-c3ccc(-c4cnc([C@@H]5CCCN5C(=O)[C@H](NC(=O)CCC)c5ccccc5)s4)cc3)cc2)s1)c1ccccc1. The van der Waals surface area contributed by atoms with E-state index in [4.69, 9.17) is 9.97 Å². The van der Waals surface area contributed by atoms with Gasteiger partial charge in [0.15, 0.2) is 0 Å². The molecule has 0 radical (unpaired) electrons. The van der Waals surface area contributed by atoms with Crippen molar-refractivity contribution in [3.8, 4) is 32.0 Å². The number of aromatic nitrogens is 2. The first-order valence-corrected chi connectivity index (χ1v) is 23.6. The lowest BCUT2D eigenvalue weighted by Crippen LogP contribution is -2.42. The average Bonchev–Trinajstić information content (AvgIpc) is 4.16. The molecule has 318 valence electrons. The number of thiazole rings is 2. The van der Waals surface area contributed by atoms with Crippen molar-refractivity contribution in [1.82, 2.24) is 25.1 Å². The summed E-state index contributed by atoms with van der Waals surface area (Å²) < 4.78 is 0. The first kappa shape index (κ1) is 42.9. The molecule has 6 aromatic rings. The first-order chi connectivity index (χ1) is 30.3. The second kappa shape index (κ2) is 19.9. The van der Waals surface area contributed by atoms with Gasteiger partial charge in [0.2, 0.25) is 17.7 Å². The molecule has 4 atom stereocenters. The molecule has 2 saturated heterocycles. The summed E-state index contributed by atoms with van der Waals surface area (Å²) in [5.41, 5.74) is 6.03. The molecular weight excluding hydrogens is 811 g/mol. The van der Waals surface area contributed by atoms with Gasteiger partial charge in [0.25, 0.3) is 0 Å². The third-order valence-corrected chi connectivity index (χ3v) is 14.3. The number of rotatable bonds is 16. The number of carbonyl (C=O) groups is 4. The number of likely N-dealkylation sites (tertiary alicyclic amines) is 2. The van der Waals surface area contributed by atoms with Crippen LogP contribution in [0.3, 0.4) is 0 Å². The van der Waals surface area contributed by atoms with Crippen LogP contribution in [0, 0.1) is 0 Å². The summed E-state index contributed by atoms with van der Waals surface area (Å²) in [6.45, 7) is 5.25. The van der Waals surface area contributed by atoms with Crippen LogP contribution in [0.1, 0.15) is 117 Å². The Morgan fingerprint density at radius 1 is 0.613 bits per heavy atom. The molecule has 0 aliphatic carbocycles. The molecule has 0 saturated carbocycles. The van der Waals surface area contributed by atoms with Gasteiger partial charge in [0.05, 0.1) is 27.8 Å². The highest BCUT2D eigenvalue weighted by molar-refractivity contribution is 7.15. The van der Waals surface area contributed by atoms with E-state index in [9.17, 15) is 19.2 Å². The zero-order chi connectivity index (χ0) is 43.0. The number of Topliss-reactive ketones (excluding diaryl/α,β-unsaturated/α-hetero) is 1. The third-order valence-electron chi connectivity index (χ3n) is 12.0. The lowest BCUT2D eigenvalue weighted by atomic mass is 9.91. The molecule has 9 nitrogen and oxygen atoms in total. The van der Waals surface area contributed by atoms with Crippen molar-refractivity contribution in [3.63, 3.8) is 0 Å². The van der Waals surface area contributed by atoms with Gasteiger partial charge in [0, 0.05) is 44.7 Å². The maximum atomic E-state index is 14.1. The molecule has 4 aromatic carbocycles. The van der Waals surface area contributed by atoms with Crippen LogP contribution in [-0.2, 0) is 19.2 Å². The van der Waals surface area contributed by atoms with Crippen LogP contribution in [0.25, 0.3) is 32.0 Å². The van der Waals surface area contributed by atoms with Crippen molar-refractivity contribution in [1.29, 1.82) is 0 Å². The number of amides is 3. The minimum atomic E-state index is -0.732. The Balaban J connectivity index is 0.924. The predicted octanol–water partition coefficient (Wildman–Crippen LogP) is 11.1. The van der Waals surface area contributed by atoms with Crippen LogP contribution in [0.2, 0.25) is 0 Å². The van der Waals surface area contributed by atoms with Gasteiger partial charge in [-0.25, -0.2) is 9.97 Å². The largest absolute Gasteiger partial charge is 0.341 e. The van der Waals surface area contributed by atoms with E-state index in [1.165, 1.54) is 0 Å². The van der Waals surface area contributed by atoms with E-state index in [0.29, 0.717) is 32.4 Å². The van der Waals surface area contributed by atoms with Crippen LogP contribution in [-0.4, -0.2) is 56.4 Å². The van der Waals surface area contributed by atoms with Crippen LogP contribution < -0.4 is 5.32 Å². The molecule has 8 rings (SSSR count). The molecule has 0 unspecified atom stereocenters. The summed E-state index contributed by atoms with van der Waals surface area (Å²) in [5.74, 6) is -0.558. The number of nitrogens with zero attached hydrogens (tertiary/aromatic N) is 4. The zero-order valence-electron chi connectivity index (χ0n) is 35.4. The molecule has 3 amide bonds. The number of hydrogen-bond acceptors (Lipinski definition) is 8. The van der Waals surface area contributed by atoms with Crippen LogP contribution in [0.15, 0.2) is 122 Å². The molecule has 62 heavy (non-hydrogen) atoms. The molecule has 0 bridgehead atoms. The van der Waals surface area contributed by atoms with Gasteiger partial charge < -0.3 is 15.1 Å². The highest BCUT2D eigenvalue weighted by Crippen LogP contribution is 2.41. The monoisotopic (exact) mass is 863 g/mol. The zero-order valence-corrected chi connectivity index (χ0v) is 37.0. The Hall–Kier alpha value is -5.78. The van der Waals surface area contributed by atoms with Crippen molar-refractivity contribution in [2.45, 2.75) is 95.7 Å². The third kappa shape index (κ3) is 9.64. The highest BCUT2D eigenvalue weighted by atomic mass is 32.1. The Labute approximate surface area is 372 Å². The molecule has 2 aliphatic heterocycles.